The molecule has 1 saturated heterocycles. The number of carbonyl (C=O) groups excluding carboxylic acids is 3. The van der Waals surface area contributed by atoms with E-state index in [2.05, 4.69) is 0 Å². The summed E-state index contributed by atoms with van der Waals surface area (Å²) in [6.45, 7) is 6.02. The van der Waals surface area contributed by atoms with Gasteiger partial charge in [-0.15, -0.1) is 0 Å². The van der Waals surface area contributed by atoms with Crippen LogP contribution >= 0.6 is 0 Å². The zero-order valence-electron chi connectivity index (χ0n) is 19.3. The van der Waals surface area contributed by atoms with E-state index in [1.807, 2.05) is 0 Å². The lowest BCUT2D eigenvalue weighted by atomic mass is 9.93. The van der Waals surface area contributed by atoms with Gasteiger partial charge in [-0.25, -0.2) is 18.0 Å². The van der Waals surface area contributed by atoms with Crippen molar-refractivity contribution in [1.29, 1.82) is 0 Å². The first-order chi connectivity index (χ1) is 15.9. The number of fused-ring (bicyclic) bond motifs is 1. The molecule has 9 heteroatoms. The van der Waals surface area contributed by atoms with Crippen LogP contribution in [0.25, 0.3) is 0 Å². The Morgan fingerprint density at radius 1 is 1.06 bits per heavy atom. The highest BCUT2D eigenvalue weighted by atomic mass is 19.2. The van der Waals surface area contributed by atoms with E-state index < -0.39 is 58.5 Å². The van der Waals surface area contributed by atoms with Gasteiger partial charge in [0.05, 0.1) is 17.2 Å². The summed E-state index contributed by atoms with van der Waals surface area (Å²) in [7, 11) is 0. The van der Waals surface area contributed by atoms with Crippen LogP contribution in [0.15, 0.2) is 30.3 Å². The molecule has 4 rings (SSSR count). The number of benzene rings is 2. The van der Waals surface area contributed by atoms with Gasteiger partial charge in [0.2, 0.25) is 0 Å². The summed E-state index contributed by atoms with van der Waals surface area (Å²) in [4.78, 5) is 40.9. The van der Waals surface area contributed by atoms with Gasteiger partial charge in [0.1, 0.15) is 11.4 Å². The number of amides is 3. The van der Waals surface area contributed by atoms with E-state index in [-0.39, 0.29) is 36.2 Å². The van der Waals surface area contributed by atoms with Gasteiger partial charge >= 0.3 is 6.09 Å². The fraction of sp³-hybridized carbons (Fsp3) is 0.400. The maximum absolute atomic E-state index is 14.9. The van der Waals surface area contributed by atoms with Crippen LogP contribution in [-0.4, -0.2) is 52.4 Å². The van der Waals surface area contributed by atoms with E-state index in [1.165, 1.54) is 11.8 Å². The quantitative estimate of drug-likeness (QED) is 0.474. The van der Waals surface area contributed by atoms with Crippen LogP contribution in [0.5, 0.6) is 0 Å². The predicted molar refractivity (Wildman–Crippen MR) is 117 cm³/mol. The third-order valence-corrected chi connectivity index (χ3v) is 6.09. The molecule has 0 N–H and O–H groups in total. The standard InChI is InChI=1S/C25H25F3N2O4/c1-13-9-18(26)21(28)19(20(13)27)14-10-15(29(11-14)24(33)34-25(2,3)4)12-30-22(31)16-7-5-6-8-17(16)23(30)32/h5-9,14-15H,10-12H2,1-4H3/t14-,15?/m0/s1. The average Bonchev–Trinajstić information content (AvgIpc) is 3.27. The van der Waals surface area contributed by atoms with Crippen molar-refractivity contribution in [2.45, 2.75) is 51.7 Å². The number of halogens is 3. The summed E-state index contributed by atoms with van der Waals surface area (Å²) in [6.07, 6.45) is -0.728. The summed E-state index contributed by atoms with van der Waals surface area (Å²) in [5.41, 5.74) is -0.842. The summed E-state index contributed by atoms with van der Waals surface area (Å²) >= 11 is 0. The number of hydrogen-bond donors (Lipinski definition) is 0. The van der Waals surface area contributed by atoms with Crippen molar-refractivity contribution >= 4 is 17.9 Å². The fourth-order valence-corrected chi connectivity index (χ4v) is 4.57. The van der Waals surface area contributed by atoms with Crippen LogP contribution in [0.3, 0.4) is 0 Å². The number of ether oxygens (including phenoxy) is 1. The van der Waals surface area contributed by atoms with Gasteiger partial charge in [0, 0.05) is 24.6 Å². The Bertz CT molecular complexity index is 1130. The predicted octanol–water partition coefficient (Wildman–Crippen LogP) is 4.80. The molecule has 0 radical (unpaired) electrons. The van der Waals surface area contributed by atoms with Gasteiger partial charge in [-0.1, -0.05) is 12.1 Å². The van der Waals surface area contributed by atoms with Crippen molar-refractivity contribution in [1.82, 2.24) is 9.80 Å². The first kappa shape index (κ1) is 23.8. The van der Waals surface area contributed by atoms with Crippen LogP contribution in [0, 0.1) is 24.4 Å². The Morgan fingerprint density at radius 2 is 1.65 bits per heavy atom. The molecule has 0 spiro atoms. The average molecular weight is 474 g/mol. The number of carbonyl (C=O) groups is 3. The molecular weight excluding hydrogens is 449 g/mol. The Balaban J connectivity index is 1.67. The number of hydrogen-bond acceptors (Lipinski definition) is 4. The number of rotatable bonds is 3. The van der Waals surface area contributed by atoms with E-state index in [0.717, 1.165) is 11.0 Å². The zero-order chi connectivity index (χ0) is 24.9. The van der Waals surface area contributed by atoms with Gasteiger partial charge in [0.15, 0.2) is 11.6 Å². The number of nitrogens with zero attached hydrogens (tertiary/aromatic N) is 2. The van der Waals surface area contributed by atoms with Crippen molar-refractivity contribution in [2.75, 3.05) is 13.1 Å². The molecule has 3 amide bonds. The molecular formula is C25H25F3N2O4. The van der Waals surface area contributed by atoms with Crippen molar-refractivity contribution in [3.8, 4) is 0 Å². The maximum Gasteiger partial charge on any atom is 0.410 e. The minimum atomic E-state index is -1.31. The third kappa shape index (κ3) is 4.15. The fourth-order valence-electron chi connectivity index (χ4n) is 4.57. The van der Waals surface area contributed by atoms with Gasteiger partial charge in [0.25, 0.3) is 11.8 Å². The topological polar surface area (TPSA) is 66.9 Å². The van der Waals surface area contributed by atoms with E-state index >= 15 is 0 Å². The minimum absolute atomic E-state index is 0.0172. The van der Waals surface area contributed by atoms with E-state index in [4.69, 9.17) is 4.74 Å². The van der Waals surface area contributed by atoms with Crippen molar-refractivity contribution in [3.05, 3.63) is 70.0 Å². The summed E-state index contributed by atoms with van der Waals surface area (Å²) < 4.78 is 49.1. The van der Waals surface area contributed by atoms with Gasteiger partial charge in [-0.3, -0.25) is 14.5 Å². The highest BCUT2D eigenvalue weighted by molar-refractivity contribution is 6.21. The summed E-state index contributed by atoms with van der Waals surface area (Å²) in [6, 6.07) is 6.38. The first-order valence-corrected chi connectivity index (χ1v) is 11.0. The number of imide groups is 1. The van der Waals surface area contributed by atoms with Crippen molar-refractivity contribution in [2.24, 2.45) is 0 Å². The molecule has 180 valence electrons. The molecule has 2 heterocycles. The highest BCUT2D eigenvalue weighted by Gasteiger charge is 2.44. The lowest BCUT2D eigenvalue weighted by Crippen LogP contribution is -2.46. The van der Waals surface area contributed by atoms with Crippen molar-refractivity contribution in [3.63, 3.8) is 0 Å². The smallest absolute Gasteiger partial charge is 0.410 e. The van der Waals surface area contributed by atoms with Gasteiger partial charge in [-0.05, 0) is 57.9 Å². The van der Waals surface area contributed by atoms with Crippen LogP contribution in [-0.2, 0) is 4.74 Å². The Hall–Kier alpha value is -3.36. The molecule has 0 aliphatic carbocycles. The molecule has 2 atom stereocenters. The second kappa shape index (κ2) is 8.45. The molecule has 34 heavy (non-hydrogen) atoms. The molecule has 0 bridgehead atoms. The van der Waals surface area contributed by atoms with E-state index in [9.17, 15) is 27.6 Å². The summed E-state index contributed by atoms with van der Waals surface area (Å²) in [5, 5.41) is 0. The lowest BCUT2D eigenvalue weighted by molar-refractivity contribution is 0.0189. The number of aryl methyl sites for hydroxylation is 1. The van der Waals surface area contributed by atoms with E-state index in [0.29, 0.717) is 0 Å². The third-order valence-electron chi connectivity index (χ3n) is 6.09. The normalized spacial score (nSPS) is 20.2. The molecule has 0 aromatic heterocycles. The molecule has 2 aliphatic heterocycles. The van der Waals surface area contributed by atoms with E-state index in [1.54, 1.807) is 45.0 Å². The maximum atomic E-state index is 14.9. The molecule has 1 fully saturated rings. The Morgan fingerprint density at radius 3 is 2.21 bits per heavy atom. The minimum Gasteiger partial charge on any atom is -0.444 e. The molecule has 1 unspecified atom stereocenters. The zero-order valence-corrected chi connectivity index (χ0v) is 19.3. The first-order valence-electron chi connectivity index (χ1n) is 11.0. The van der Waals surface area contributed by atoms with Crippen LogP contribution in [0.1, 0.15) is 65.0 Å². The number of likely N-dealkylation sites (tertiary alicyclic amines) is 1. The van der Waals surface area contributed by atoms with Crippen LogP contribution in [0.2, 0.25) is 0 Å². The molecule has 2 aliphatic rings. The van der Waals surface area contributed by atoms with Gasteiger partial charge in [-0.2, -0.15) is 0 Å². The Labute approximate surface area is 195 Å². The second-order valence-corrected chi connectivity index (χ2v) is 9.70. The SMILES string of the molecule is Cc1cc(F)c(F)c([C@H]2CC(CN3C(=O)c4ccccc4C3=O)N(C(=O)OC(C)(C)C)C2)c1F. The van der Waals surface area contributed by atoms with Crippen LogP contribution in [0.4, 0.5) is 18.0 Å². The summed E-state index contributed by atoms with van der Waals surface area (Å²) in [5.74, 6) is -5.27. The highest BCUT2D eigenvalue weighted by Crippen LogP contribution is 2.38. The van der Waals surface area contributed by atoms with Crippen molar-refractivity contribution < 1.29 is 32.3 Å². The molecule has 2 aromatic carbocycles. The lowest BCUT2D eigenvalue weighted by Gasteiger charge is -2.30. The molecule has 0 saturated carbocycles. The largest absolute Gasteiger partial charge is 0.444 e. The Kier molecular flexibility index (Phi) is 5.91. The monoisotopic (exact) mass is 474 g/mol. The van der Waals surface area contributed by atoms with Gasteiger partial charge < -0.3 is 9.64 Å². The second-order valence-electron chi connectivity index (χ2n) is 9.70. The van der Waals surface area contributed by atoms with Crippen LogP contribution < -0.4 is 0 Å². The molecule has 2 aromatic rings. The molecule has 6 nitrogen and oxygen atoms in total.